The standard InChI is InChI=1S/C14H18BrNO2/c1-14(2,3)10-4-5-12(11(15)8-10)18-9-13-16-6-7-17-13/h4-8,13,16H,9H2,1-3H3/t13-/m0/s1. The summed E-state index contributed by atoms with van der Waals surface area (Å²) in [5.74, 6) is 0.834. The van der Waals surface area contributed by atoms with Gasteiger partial charge in [0.05, 0.1) is 4.47 Å². The first kappa shape index (κ1) is 13.3. The molecule has 4 heteroatoms. The third-order valence-electron chi connectivity index (χ3n) is 2.78. The van der Waals surface area contributed by atoms with Crippen LogP contribution >= 0.6 is 15.9 Å². The lowest BCUT2D eigenvalue weighted by Gasteiger charge is -2.20. The van der Waals surface area contributed by atoms with Crippen LogP contribution in [0.4, 0.5) is 0 Å². The summed E-state index contributed by atoms with van der Waals surface area (Å²) >= 11 is 3.55. The number of rotatable bonds is 3. The number of ether oxygens (including phenoxy) is 2. The molecule has 0 fully saturated rings. The molecule has 1 aromatic carbocycles. The van der Waals surface area contributed by atoms with Gasteiger partial charge in [0.2, 0.25) is 6.23 Å². The van der Waals surface area contributed by atoms with Gasteiger partial charge in [-0.15, -0.1) is 0 Å². The molecule has 18 heavy (non-hydrogen) atoms. The van der Waals surface area contributed by atoms with Crippen molar-refractivity contribution in [3.8, 4) is 5.75 Å². The van der Waals surface area contributed by atoms with E-state index in [4.69, 9.17) is 9.47 Å². The van der Waals surface area contributed by atoms with Crippen LogP contribution in [0.1, 0.15) is 26.3 Å². The molecule has 0 bridgehead atoms. The second-order valence-corrected chi connectivity index (χ2v) is 6.15. The smallest absolute Gasteiger partial charge is 0.203 e. The number of nitrogens with one attached hydrogen (secondary N) is 1. The van der Waals surface area contributed by atoms with Gasteiger partial charge in [0.1, 0.15) is 18.6 Å². The molecule has 0 amide bonds. The van der Waals surface area contributed by atoms with Gasteiger partial charge in [-0.2, -0.15) is 0 Å². The molecular weight excluding hydrogens is 294 g/mol. The summed E-state index contributed by atoms with van der Waals surface area (Å²) in [6, 6.07) is 6.20. The Bertz CT molecular complexity index is 444. The van der Waals surface area contributed by atoms with Crippen LogP contribution < -0.4 is 10.1 Å². The lowest BCUT2D eigenvalue weighted by molar-refractivity contribution is 0.0926. The van der Waals surface area contributed by atoms with E-state index in [0.29, 0.717) is 6.61 Å². The van der Waals surface area contributed by atoms with Gasteiger partial charge in [0.25, 0.3) is 0 Å². The summed E-state index contributed by atoms with van der Waals surface area (Å²) < 4.78 is 11.9. The molecule has 1 aromatic rings. The summed E-state index contributed by atoms with van der Waals surface area (Å²) in [6.07, 6.45) is 3.30. The van der Waals surface area contributed by atoms with E-state index in [2.05, 4.69) is 54.2 Å². The summed E-state index contributed by atoms with van der Waals surface area (Å²) in [5, 5.41) is 3.04. The molecule has 0 saturated heterocycles. The molecule has 3 nitrogen and oxygen atoms in total. The third kappa shape index (κ3) is 3.19. The van der Waals surface area contributed by atoms with Crippen molar-refractivity contribution in [2.45, 2.75) is 32.4 Å². The molecule has 0 unspecified atom stereocenters. The van der Waals surface area contributed by atoms with Crippen LogP contribution in [-0.4, -0.2) is 12.8 Å². The van der Waals surface area contributed by atoms with E-state index in [9.17, 15) is 0 Å². The van der Waals surface area contributed by atoms with Crippen LogP contribution in [0.15, 0.2) is 35.1 Å². The van der Waals surface area contributed by atoms with E-state index < -0.39 is 0 Å². The summed E-state index contributed by atoms with van der Waals surface area (Å²) in [4.78, 5) is 0. The minimum absolute atomic E-state index is 0.0980. The van der Waals surface area contributed by atoms with E-state index in [1.165, 1.54) is 5.56 Å². The molecule has 0 aliphatic carbocycles. The Morgan fingerprint density at radius 2 is 2.17 bits per heavy atom. The van der Waals surface area contributed by atoms with Crippen LogP contribution in [0, 0.1) is 0 Å². The zero-order valence-electron chi connectivity index (χ0n) is 10.9. The summed E-state index contributed by atoms with van der Waals surface area (Å²) in [7, 11) is 0. The Morgan fingerprint density at radius 1 is 1.39 bits per heavy atom. The Hall–Kier alpha value is -1.16. The van der Waals surface area contributed by atoms with Gasteiger partial charge in [-0.3, -0.25) is 0 Å². The van der Waals surface area contributed by atoms with E-state index in [1.54, 1.807) is 12.5 Å². The van der Waals surface area contributed by atoms with Gasteiger partial charge < -0.3 is 14.8 Å². The minimum atomic E-state index is -0.0980. The molecule has 1 aliphatic rings. The van der Waals surface area contributed by atoms with Crippen LogP contribution in [0.3, 0.4) is 0 Å². The van der Waals surface area contributed by atoms with Crippen molar-refractivity contribution in [2.24, 2.45) is 0 Å². The Labute approximate surface area is 116 Å². The molecule has 0 spiro atoms. The van der Waals surface area contributed by atoms with Crippen LogP contribution in [0.2, 0.25) is 0 Å². The van der Waals surface area contributed by atoms with Crippen molar-refractivity contribution in [2.75, 3.05) is 6.61 Å². The number of hydrogen-bond acceptors (Lipinski definition) is 3. The summed E-state index contributed by atoms with van der Waals surface area (Å²) in [5.41, 5.74) is 1.42. The van der Waals surface area contributed by atoms with Gasteiger partial charge in [0.15, 0.2) is 0 Å². The fourth-order valence-corrected chi connectivity index (χ4v) is 2.15. The van der Waals surface area contributed by atoms with Crippen molar-refractivity contribution in [3.05, 3.63) is 40.7 Å². The molecule has 1 N–H and O–H groups in total. The highest BCUT2D eigenvalue weighted by atomic mass is 79.9. The monoisotopic (exact) mass is 311 g/mol. The fraction of sp³-hybridized carbons (Fsp3) is 0.429. The third-order valence-corrected chi connectivity index (χ3v) is 3.40. The summed E-state index contributed by atoms with van der Waals surface area (Å²) in [6.45, 7) is 7.05. The van der Waals surface area contributed by atoms with Gasteiger partial charge >= 0.3 is 0 Å². The number of halogens is 1. The molecule has 1 atom stereocenters. The van der Waals surface area contributed by atoms with Crippen molar-refractivity contribution >= 4 is 15.9 Å². The first-order valence-electron chi connectivity index (χ1n) is 5.96. The lowest BCUT2D eigenvalue weighted by atomic mass is 9.87. The maximum absolute atomic E-state index is 5.71. The molecule has 2 rings (SSSR count). The van der Waals surface area contributed by atoms with E-state index >= 15 is 0 Å². The highest BCUT2D eigenvalue weighted by molar-refractivity contribution is 9.10. The van der Waals surface area contributed by atoms with E-state index in [1.807, 2.05) is 6.07 Å². The highest BCUT2D eigenvalue weighted by Gasteiger charge is 2.16. The average molecular weight is 312 g/mol. The number of hydrogen-bond donors (Lipinski definition) is 1. The van der Waals surface area contributed by atoms with E-state index in [-0.39, 0.29) is 11.6 Å². The van der Waals surface area contributed by atoms with Crippen LogP contribution in [-0.2, 0) is 10.2 Å². The molecule has 0 aromatic heterocycles. The quantitative estimate of drug-likeness (QED) is 0.926. The largest absolute Gasteiger partial charge is 0.486 e. The molecule has 1 heterocycles. The highest BCUT2D eigenvalue weighted by Crippen LogP contribution is 2.31. The van der Waals surface area contributed by atoms with E-state index in [0.717, 1.165) is 10.2 Å². The predicted octanol–water partition coefficient (Wildman–Crippen LogP) is 3.54. The first-order valence-corrected chi connectivity index (χ1v) is 6.75. The Morgan fingerprint density at radius 3 is 2.72 bits per heavy atom. The molecule has 1 aliphatic heterocycles. The molecular formula is C14H18BrNO2. The lowest BCUT2D eigenvalue weighted by Crippen LogP contribution is -2.28. The van der Waals surface area contributed by atoms with Gasteiger partial charge in [-0.1, -0.05) is 26.8 Å². The fourth-order valence-electron chi connectivity index (χ4n) is 1.66. The van der Waals surface area contributed by atoms with Crippen molar-refractivity contribution in [3.63, 3.8) is 0 Å². The average Bonchev–Trinajstić information content (AvgIpc) is 2.79. The topological polar surface area (TPSA) is 30.5 Å². The minimum Gasteiger partial charge on any atom is -0.486 e. The molecule has 98 valence electrons. The second-order valence-electron chi connectivity index (χ2n) is 5.30. The maximum Gasteiger partial charge on any atom is 0.203 e. The SMILES string of the molecule is CC(C)(C)c1ccc(OC[C@H]2NC=CO2)c(Br)c1. The number of benzene rings is 1. The van der Waals surface area contributed by atoms with Crippen molar-refractivity contribution < 1.29 is 9.47 Å². The van der Waals surface area contributed by atoms with Crippen molar-refractivity contribution in [1.82, 2.24) is 5.32 Å². The first-order chi connectivity index (χ1) is 8.47. The van der Waals surface area contributed by atoms with Crippen LogP contribution in [0.5, 0.6) is 5.75 Å². The van der Waals surface area contributed by atoms with Gasteiger partial charge in [-0.25, -0.2) is 0 Å². The molecule has 0 saturated carbocycles. The zero-order valence-corrected chi connectivity index (χ0v) is 12.5. The van der Waals surface area contributed by atoms with Crippen LogP contribution in [0.25, 0.3) is 0 Å². The Balaban J connectivity index is 2.01. The second kappa shape index (κ2) is 5.22. The predicted molar refractivity (Wildman–Crippen MR) is 75.5 cm³/mol. The Kier molecular flexibility index (Phi) is 3.85. The van der Waals surface area contributed by atoms with Crippen molar-refractivity contribution in [1.29, 1.82) is 0 Å². The molecule has 0 radical (unpaired) electrons. The normalized spacial score (nSPS) is 18.3. The van der Waals surface area contributed by atoms with Gasteiger partial charge in [-0.05, 0) is 39.0 Å². The van der Waals surface area contributed by atoms with Gasteiger partial charge in [0, 0.05) is 6.20 Å². The maximum atomic E-state index is 5.71. The zero-order chi connectivity index (χ0) is 13.2.